The summed E-state index contributed by atoms with van der Waals surface area (Å²) in [4.78, 5) is 4.37. The van der Waals surface area contributed by atoms with Crippen molar-refractivity contribution in [3.8, 4) is 0 Å². The van der Waals surface area contributed by atoms with Crippen molar-refractivity contribution in [2.45, 2.75) is 6.92 Å². The van der Waals surface area contributed by atoms with E-state index in [4.69, 9.17) is 18.0 Å². The number of benzene rings is 1. The van der Waals surface area contributed by atoms with E-state index in [2.05, 4.69) is 10.3 Å². The lowest BCUT2D eigenvalue weighted by Crippen LogP contribution is -2.11. The highest BCUT2D eigenvalue weighted by Gasteiger charge is 2.01. The Morgan fingerprint density at radius 1 is 1.28 bits per heavy atom. The van der Waals surface area contributed by atoms with Crippen LogP contribution in [0.4, 0.5) is 15.8 Å². The first kappa shape index (κ1) is 12.4. The van der Waals surface area contributed by atoms with Crippen LogP contribution in [0.15, 0.2) is 36.5 Å². The minimum atomic E-state index is -0.220. The normalized spacial score (nSPS) is 10.1. The van der Waals surface area contributed by atoms with Crippen molar-refractivity contribution < 1.29 is 4.39 Å². The molecule has 1 aromatic heterocycles. The molecule has 18 heavy (non-hydrogen) atoms. The summed E-state index contributed by atoms with van der Waals surface area (Å²) in [5.41, 5.74) is 8.22. The fourth-order valence-electron chi connectivity index (χ4n) is 1.50. The van der Waals surface area contributed by atoms with Crippen LogP contribution in [-0.4, -0.2) is 9.97 Å². The molecule has 1 aromatic carbocycles. The maximum atomic E-state index is 13.1. The average molecular weight is 261 g/mol. The maximum Gasteiger partial charge on any atom is 0.126 e. The van der Waals surface area contributed by atoms with Gasteiger partial charge in [-0.2, -0.15) is 0 Å². The number of hydrogen-bond acceptors (Lipinski definition) is 3. The molecule has 0 aliphatic carbocycles. The molecule has 0 aliphatic rings. The summed E-state index contributed by atoms with van der Waals surface area (Å²) < 4.78 is 13.1. The number of pyridine rings is 1. The molecule has 0 fully saturated rings. The summed E-state index contributed by atoms with van der Waals surface area (Å²) in [7, 11) is 0. The van der Waals surface area contributed by atoms with Crippen molar-refractivity contribution in [2.24, 2.45) is 5.73 Å². The highest BCUT2D eigenvalue weighted by molar-refractivity contribution is 7.80. The van der Waals surface area contributed by atoms with Gasteiger partial charge in [-0.3, -0.25) is 4.98 Å². The molecule has 0 bridgehead atoms. The monoisotopic (exact) mass is 261 g/mol. The number of thiocarbonyl (C=S) groups is 1. The largest absolute Gasteiger partial charge is 0.388 e. The van der Waals surface area contributed by atoms with E-state index >= 15 is 0 Å². The molecule has 3 nitrogen and oxygen atoms in total. The molecule has 1 heterocycles. The van der Waals surface area contributed by atoms with Crippen molar-refractivity contribution in [2.75, 3.05) is 5.32 Å². The molecule has 0 unspecified atom stereocenters. The lowest BCUT2D eigenvalue weighted by Gasteiger charge is -2.07. The van der Waals surface area contributed by atoms with Crippen LogP contribution in [0, 0.1) is 12.7 Å². The van der Waals surface area contributed by atoms with Crippen LogP contribution >= 0.6 is 12.2 Å². The quantitative estimate of drug-likeness (QED) is 0.834. The van der Waals surface area contributed by atoms with Crippen molar-refractivity contribution in [3.05, 3.63) is 53.6 Å². The van der Waals surface area contributed by atoms with Gasteiger partial charge in [0.25, 0.3) is 0 Å². The molecule has 0 saturated carbocycles. The lowest BCUT2D eigenvalue weighted by molar-refractivity contribution is 0.619. The summed E-state index contributed by atoms with van der Waals surface area (Å²) >= 11 is 4.82. The Morgan fingerprint density at radius 3 is 2.56 bits per heavy atom. The molecular weight excluding hydrogens is 249 g/mol. The van der Waals surface area contributed by atoms with Crippen LogP contribution in [0.1, 0.15) is 11.3 Å². The summed E-state index contributed by atoms with van der Waals surface area (Å²) in [6.45, 7) is 1.72. The Morgan fingerprint density at radius 2 is 2.00 bits per heavy atom. The van der Waals surface area contributed by atoms with E-state index in [0.717, 1.165) is 11.4 Å². The SMILES string of the molecule is Cc1cc(Nc2ccc(C(N)=S)nc2)ccc1F. The number of hydrogen-bond donors (Lipinski definition) is 2. The zero-order chi connectivity index (χ0) is 13.1. The minimum absolute atomic E-state index is 0.220. The number of nitrogens with one attached hydrogen (secondary N) is 1. The maximum absolute atomic E-state index is 13.1. The zero-order valence-electron chi connectivity index (χ0n) is 9.77. The Labute approximate surface area is 110 Å². The molecular formula is C13H12FN3S. The van der Waals surface area contributed by atoms with Crippen LogP contribution in [0.2, 0.25) is 0 Å². The van der Waals surface area contributed by atoms with E-state index in [9.17, 15) is 4.39 Å². The molecule has 0 saturated heterocycles. The van der Waals surface area contributed by atoms with Crippen LogP contribution in [0.25, 0.3) is 0 Å². The van der Waals surface area contributed by atoms with Gasteiger partial charge in [0, 0.05) is 5.69 Å². The van der Waals surface area contributed by atoms with Gasteiger partial charge in [-0.15, -0.1) is 0 Å². The van der Waals surface area contributed by atoms with E-state index in [-0.39, 0.29) is 10.8 Å². The van der Waals surface area contributed by atoms with Gasteiger partial charge in [0.1, 0.15) is 10.8 Å². The molecule has 92 valence electrons. The Bertz CT molecular complexity index is 581. The Kier molecular flexibility index (Phi) is 3.53. The molecule has 5 heteroatoms. The third-order valence-corrected chi connectivity index (χ3v) is 2.67. The molecule has 3 N–H and O–H groups in total. The fraction of sp³-hybridized carbons (Fsp3) is 0.0769. The summed E-state index contributed by atoms with van der Waals surface area (Å²) in [6, 6.07) is 8.39. The van der Waals surface area contributed by atoms with Gasteiger partial charge in [0.2, 0.25) is 0 Å². The Balaban J connectivity index is 2.18. The second-order valence-corrected chi connectivity index (χ2v) is 4.33. The van der Waals surface area contributed by atoms with Crippen LogP contribution in [0.3, 0.4) is 0 Å². The number of nitrogens with zero attached hydrogens (tertiary/aromatic N) is 1. The fourth-order valence-corrected chi connectivity index (χ4v) is 1.62. The highest BCUT2D eigenvalue weighted by atomic mass is 32.1. The van der Waals surface area contributed by atoms with Gasteiger partial charge in [-0.1, -0.05) is 12.2 Å². The van der Waals surface area contributed by atoms with Gasteiger partial charge in [0.05, 0.1) is 17.6 Å². The van der Waals surface area contributed by atoms with Gasteiger partial charge in [0.15, 0.2) is 0 Å². The van der Waals surface area contributed by atoms with E-state index < -0.39 is 0 Å². The Hall–Kier alpha value is -2.01. The molecule has 2 aromatic rings. The summed E-state index contributed by atoms with van der Waals surface area (Å²) in [5.74, 6) is -0.220. The van der Waals surface area contributed by atoms with Gasteiger partial charge >= 0.3 is 0 Å². The molecule has 0 spiro atoms. The predicted molar refractivity (Wildman–Crippen MR) is 74.5 cm³/mol. The number of nitrogens with two attached hydrogens (primary N) is 1. The van der Waals surface area contributed by atoms with Crippen LogP contribution in [-0.2, 0) is 0 Å². The number of halogens is 1. The topological polar surface area (TPSA) is 50.9 Å². The first-order chi connectivity index (χ1) is 8.56. The zero-order valence-corrected chi connectivity index (χ0v) is 10.6. The van der Waals surface area contributed by atoms with Gasteiger partial charge < -0.3 is 11.1 Å². The second kappa shape index (κ2) is 5.10. The number of rotatable bonds is 3. The number of anilines is 2. The van der Waals surface area contributed by atoms with Crippen molar-refractivity contribution in [1.29, 1.82) is 0 Å². The highest BCUT2D eigenvalue weighted by Crippen LogP contribution is 2.18. The van der Waals surface area contributed by atoms with Crippen molar-refractivity contribution in [1.82, 2.24) is 4.98 Å². The molecule has 0 amide bonds. The second-order valence-electron chi connectivity index (χ2n) is 3.89. The minimum Gasteiger partial charge on any atom is -0.388 e. The third-order valence-electron chi connectivity index (χ3n) is 2.46. The van der Waals surface area contributed by atoms with E-state index in [0.29, 0.717) is 11.3 Å². The summed E-state index contributed by atoms with van der Waals surface area (Å²) in [5, 5.41) is 3.12. The number of aryl methyl sites for hydroxylation is 1. The third kappa shape index (κ3) is 2.81. The predicted octanol–water partition coefficient (Wildman–Crippen LogP) is 2.91. The van der Waals surface area contributed by atoms with E-state index in [1.807, 2.05) is 6.07 Å². The molecule has 0 aliphatic heterocycles. The van der Waals surface area contributed by atoms with Crippen molar-refractivity contribution >= 4 is 28.6 Å². The van der Waals surface area contributed by atoms with Gasteiger partial charge in [-0.25, -0.2) is 4.39 Å². The van der Waals surface area contributed by atoms with E-state index in [1.54, 1.807) is 31.3 Å². The molecule has 2 rings (SSSR count). The average Bonchev–Trinajstić information content (AvgIpc) is 2.34. The van der Waals surface area contributed by atoms with Gasteiger partial charge in [-0.05, 0) is 42.8 Å². The van der Waals surface area contributed by atoms with Crippen LogP contribution in [0.5, 0.6) is 0 Å². The first-order valence-corrected chi connectivity index (χ1v) is 5.76. The first-order valence-electron chi connectivity index (χ1n) is 5.35. The van der Waals surface area contributed by atoms with Crippen molar-refractivity contribution in [3.63, 3.8) is 0 Å². The molecule has 0 radical (unpaired) electrons. The lowest BCUT2D eigenvalue weighted by atomic mass is 10.2. The standard InChI is InChI=1S/C13H12FN3S/c1-8-6-9(2-4-11(8)14)17-10-3-5-12(13(15)18)16-7-10/h2-7,17H,1H3,(H2,15,18). The molecule has 0 atom stereocenters. The summed E-state index contributed by atoms with van der Waals surface area (Å²) in [6.07, 6.45) is 1.63. The van der Waals surface area contributed by atoms with E-state index in [1.165, 1.54) is 6.07 Å². The number of aromatic nitrogens is 1. The van der Waals surface area contributed by atoms with Crippen LogP contribution < -0.4 is 11.1 Å². The smallest absolute Gasteiger partial charge is 0.126 e.